The summed E-state index contributed by atoms with van der Waals surface area (Å²) in [5.74, 6) is 0.827. The fourth-order valence-electron chi connectivity index (χ4n) is 2.66. The molecule has 1 saturated carbocycles. The topological polar surface area (TPSA) is 49.3 Å². The van der Waals surface area contributed by atoms with Crippen LogP contribution in [0, 0.1) is 0 Å². The first-order chi connectivity index (χ1) is 10.8. The molecule has 1 aromatic heterocycles. The van der Waals surface area contributed by atoms with Gasteiger partial charge in [0.2, 0.25) is 0 Å². The molecule has 1 aliphatic rings. The zero-order valence-electron chi connectivity index (χ0n) is 13.3. The molecule has 2 aromatic rings. The summed E-state index contributed by atoms with van der Waals surface area (Å²) in [4.78, 5) is 8.60. The van der Waals surface area contributed by atoms with Gasteiger partial charge in [0, 0.05) is 25.2 Å². The second-order valence-electron chi connectivity index (χ2n) is 5.75. The van der Waals surface area contributed by atoms with Crippen LogP contribution in [0.4, 0.5) is 0 Å². The van der Waals surface area contributed by atoms with Crippen molar-refractivity contribution in [3.05, 3.63) is 66.0 Å². The Balaban J connectivity index is 0.00000192. The van der Waals surface area contributed by atoms with Gasteiger partial charge in [-0.25, -0.2) is 0 Å². The number of pyridine rings is 1. The lowest BCUT2D eigenvalue weighted by molar-refractivity contribution is 0.644. The van der Waals surface area contributed by atoms with Gasteiger partial charge in [0.25, 0.3) is 0 Å². The van der Waals surface area contributed by atoms with Gasteiger partial charge in [0.05, 0.1) is 12.2 Å². The van der Waals surface area contributed by atoms with E-state index in [9.17, 15) is 0 Å². The first-order valence-corrected chi connectivity index (χ1v) is 7.72. The van der Waals surface area contributed by atoms with Crippen molar-refractivity contribution in [1.29, 1.82) is 0 Å². The maximum Gasteiger partial charge on any atom is 0.191 e. The van der Waals surface area contributed by atoms with Crippen LogP contribution in [0.15, 0.2) is 59.7 Å². The molecule has 122 valence electrons. The maximum absolute atomic E-state index is 4.31. The van der Waals surface area contributed by atoms with Gasteiger partial charge in [-0.2, -0.15) is 0 Å². The van der Waals surface area contributed by atoms with Gasteiger partial charge in [0.15, 0.2) is 5.96 Å². The summed E-state index contributed by atoms with van der Waals surface area (Å²) in [5.41, 5.74) is 2.71. The lowest BCUT2D eigenvalue weighted by Gasteiger charge is -2.19. The molecule has 0 amide bonds. The first kappa shape index (κ1) is 17.7. The van der Waals surface area contributed by atoms with Crippen molar-refractivity contribution >= 4 is 29.9 Å². The third-order valence-electron chi connectivity index (χ3n) is 4.22. The summed E-state index contributed by atoms with van der Waals surface area (Å²) >= 11 is 0. The number of hydrogen-bond acceptors (Lipinski definition) is 2. The Morgan fingerprint density at radius 1 is 1.09 bits per heavy atom. The fraction of sp³-hybridized carbons (Fsp3) is 0.333. The molecular weight excluding hydrogens is 399 g/mol. The lowest BCUT2D eigenvalue weighted by Crippen LogP contribution is -2.41. The van der Waals surface area contributed by atoms with E-state index < -0.39 is 0 Å². The largest absolute Gasteiger partial charge is 0.356 e. The third-order valence-corrected chi connectivity index (χ3v) is 4.22. The number of aromatic nitrogens is 1. The summed E-state index contributed by atoms with van der Waals surface area (Å²) in [6.07, 6.45) is 4.28. The van der Waals surface area contributed by atoms with Gasteiger partial charge in [-0.05, 0) is 30.5 Å². The maximum atomic E-state index is 4.31. The van der Waals surface area contributed by atoms with Crippen LogP contribution in [0.2, 0.25) is 0 Å². The quantitative estimate of drug-likeness (QED) is 0.443. The molecule has 1 aliphatic carbocycles. The van der Waals surface area contributed by atoms with Crippen LogP contribution >= 0.6 is 24.0 Å². The van der Waals surface area contributed by atoms with Gasteiger partial charge in [0.1, 0.15) is 0 Å². The number of nitrogens with one attached hydrogen (secondary N) is 2. The molecule has 2 N–H and O–H groups in total. The molecule has 1 fully saturated rings. The van der Waals surface area contributed by atoms with E-state index in [-0.39, 0.29) is 29.4 Å². The fourth-order valence-corrected chi connectivity index (χ4v) is 2.66. The van der Waals surface area contributed by atoms with Crippen molar-refractivity contribution in [2.75, 3.05) is 13.6 Å². The van der Waals surface area contributed by atoms with E-state index in [4.69, 9.17) is 0 Å². The average molecular weight is 422 g/mol. The highest BCUT2D eigenvalue weighted by atomic mass is 127. The van der Waals surface area contributed by atoms with Crippen LogP contribution in [-0.2, 0) is 12.0 Å². The Morgan fingerprint density at radius 2 is 1.83 bits per heavy atom. The Bertz CT molecular complexity index is 624. The molecule has 3 rings (SSSR count). The van der Waals surface area contributed by atoms with Crippen molar-refractivity contribution in [3.63, 3.8) is 0 Å². The number of halogens is 1. The number of nitrogens with zero attached hydrogens (tertiary/aromatic N) is 2. The monoisotopic (exact) mass is 422 g/mol. The molecule has 5 heteroatoms. The number of benzene rings is 1. The van der Waals surface area contributed by atoms with Crippen LogP contribution in [0.1, 0.15) is 24.1 Å². The molecule has 0 saturated heterocycles. The molecule has 23 heavy (non-hydrogen) atoms. The minimum Gasteiger partial charge on any atom is -0.356 e. The van der Waals surface area contributed by atoms with Gasteiger partial charge in [-0.1, -0.05) is 36.4 Å². The molecule has 0 atom stereocenters. The van der Waals surface area contributed by atoms with Gasteiger partial charge in [-0.15, -0.1) is 24.0 Å². The Hall–Kier alpha value is -1.63. The normalized spacial score (nSPS) is 15.4. The average Bonchev–Trinajstić information content (AvgIpc) is 3.38. The number of hydrogen-bond donors (Lipinski definition) is 2. The highest BCUT2D eigenvalue weighted by Gasteiger charge is 2.43. The Morgan fingerprint density at radius 3 is 2.43 bits per heavy atom. The minimum atomic E-state index is 0. The van der Waals surface area contributed by atoms with Crippen molar-refractivity contribution in [2.24, 2.45) is 4.99 Å². The predicted molar refractivity (Wildman–Crippen MR) is 105 cm³/mol. The summed E-state index contributed by atoms with van der Waals surface area (Å²) in [6, 6.07) is 16.7. The van der Waals surface area contributed by atoms with Crippen LogP contribution < -0.4 is 10.6 Å². The van der Waals surface area contributed by atoms with Crippen LogP contribution in [0.3, 0.4) is 0 Å². The molecule has 0 aliphatic heterocycles. The molecular formula is C18H23IN4. The molecule has 4 nitrogen and oxygen atoms in total. The van der Waals surface area contributed by atoms with Gasteiger partial charge in [-0.3, -0.25) is 9.98 Å². The Kier molecular flexibility index (Phi) is 6.38. The van der Waals surface area contributed by atoms with Crippen LogP contribution in [-0.4, -0.2) is 24.5 Å². The van der Waals surface area contributed by atoms with Crippen molar-refractivity contribution in [1.82, 2.24) is 15.6 Å². The molecule has 0 radical (unpaired) electrons. The van der Waals surface area contributed by atoms with E-state index in [0.717, 1.165) is 18.2 Å². The lowest BCUT2D eigenvalue weighted by atomic mass is 9.96. The van der Waals surface area contributed by atoms with Crippen LogP contribution in [0.25, 0.3) is 0 Å². The second kappa shape index (κ2) is 8.29. The van der Waals surface area contributed by atoms with Crippen molar-refractivity contribution in [2.45, 2.75) is 24.8 Å². The predicted octanol–water partition coefficient (Wildman–Crippen LogP) is 3.10. The number of aliphatic imine (C=N–C) groups is 1. The molecule has 0 unspecified atom stereocenters. The molecule has 1 heterocycles. The molecule has 0 bridgehead atoms. The van der Waals surface area contributed by atoms with Crippen LogP contribution in [0.5, 0.6) is 0 Å². The van der Waals surface area contributed by atoms with E-state index in [1.807, 2.05) is 24.4 Å². The third kappa shape index (κ3) is 4.67. The highest BCUT2D eigenvalue weighted by molar-refractivity contribution is 14.0. The second-order valence-corrected chi connectivity index (χ2v) is 5.75. The number of guanidine groups is 1. The summed E-state index contributed by atoms with van der Waals surface area (Å²) in [5, 5.41) is 6.77. The smallest absolute Gasteiger partial charge is 0.191 e. The van der Waals surface area contributed by atoms with E-state index in [2.05, 4.69) is 50.9 Å². The van der Waals surface area contributed by atoms with Gasteiger partial charge < -0.3 is 10.6 Å². The SMILES string of the molecule is CN=C(NCc1ccccn1)NCC1(c2ccccc2)CC1.I. The van der Waals surface area contributed by atoms with Gasteiger partial charge >= 0.3 is 0 Å². The minimum absolute atomic E-state index is 0. The summed E-state index contributed by atoms with van der Waals surface area (Å²) in [7, 11) is 1.80. The summed E-state index contributed by atoms with van der Waals surface area (Å²) in [6.45, 7) is 1.59. The van der Waals surface area contributed by atoms with E-state index in [1.54, 1.807) is 7.05 Å². The van der Waals surface area contributed by atoms with E-state index in [1.165, 1.54) is 18.4 Å². The van der Waals surface area contributed by atoms with E-state index in [0.29, 0.717) is 6.54 Å². The van der Waals surface area contributed by atoms with Crippen molar-refractivity contribution in [3.8, 4) is 0 Å². The Labute approximate surface area is 154 Å². The zero-order chi connectivity index (χ0) is 15.3. The number of rotatable bonds is 5. The molecule has 0 spiro atoms. The molecule has 1 aromatic carbocycles. The highest BCUT2D eigenvalue weighted by Crippen LogP contribution is 2.47. The zero-order valence-corrected chi connectivity index (χ0v) is 15.7. The van der Waals surface area contributed by atoms with E-state index >= 15 is 0 Å². The first-order valence-electron chi connectivity index (χ1n) is 7.72. The standard InChI is InChI=1S/C18H22N4.HI/c1-19-17(21-13-16-9-5-6-12-20-16)22-14-18(10-11-18)15-7-3-2-4-8-15;/h2-9,12H,10-11,13-14H2,1H3,(H2,19,21,22);1H. The summed E-state index contributed by atoms with van der Waals surface area (Å²) < 4.78 is 0. The van der Waals surface area contributed by atoms with Crippen molar-refractivity contribution < 1.29 is 0 Å².